The van der Waals surface area contributed by atoms with Gasteiger partial charge in [-0.25, -0.2) is 9.18 Å². The normalized spacial score (nSPS) is 16.2. The Balaban J connectivity index is 1.86. The zero-order valence-corrected chi connectivity index (χ0v) is 18.4. The third kappa shape index (κ3) is 5.37. The molecule has 1 fully saturated rings. The van der Waals surface area contributed by atoms with Crippen LogP contribution in [0.3, 0.4) is 0 Å². The second kappa shape index (κ2) is 9.15. The number of nitrogens with zero attached hydrogens (tertiary/aromatic N) is 3. The number of carbonyl (C=O) groups is 3. The number of piperazine rings is 1. The predicted molar refractivity (Wildman–Crippen MR) is 114 cm³/mol. The van der Waals surface area contributed by atoms with Gasteiger partial charge in [-0.15, -0.1) is 0 Å². The van der Waals surface area contributed by atoms with E-state index in [0.717, 1.165) is 0 Å². The van der Waals surface area contributed by atoms with E-state index in [-0.39, 0.29) is 13.0 Å². The van der Waals surface area contributed by atoms with Crippen molar-refractivity contribution in [3.8, 4) is 0 Å². The van der Waals surface area contributed by atoms with Crippen LogP contribution < -0.4 is 0 Å². The van der Waals surface area contributed by atoms with Crippen LogP contribution in [0.4, 0.5) is 9.18 Å². The highest BCUT2D eigenvalue weighted by molar-refractivity contribution is 5.90. The molecule has 9 nitrogen and oxygen atoms in total. The van der Waals surface area contributed by atoms with Gasteiger partial charge in [0.15, 0.2) is 0 Å². The van der Waals surface area contributed by atoms with E-state index < -0.39 is 35.5 Å². The van der Waals surface area contributed by atoms with Crippen LogP contribution >= 0.6 is 0 Å². The molecule has 1 aromatic heterocycles. The summed E-state index contributed by atoms with van der Waals surface area (Å²) < 4.78 is 20.8. The lowest BCUT2D eigenvalue weighted by atomic mass is 10.0. The highest BCUT2D eigenvalue weighted by Crippen LogP contribution is 2.32. The van der Waals surface area contributed by atoms with Gasteiger partial charge in [0.25, 0.3) is 0 Å². The highest BCUT2D eigenvalue weighted by Gasteiger charge is 2.34. The van der Waals surface area contributed by atoms with Crippen LogP contribution in [0.5, 0.6) is 0 Å². The van der Waals surface area contributed by atoms with E-state index in [2.05, 4.69) is 0 Å². The average Bonchev–Trinajstić information content (AvgIpc) is 3.03. The molecule has 0 saturated carbocycles. The monoisotopic (exact) mass is 449 g/mol. The summed E-state index contributed by atoms with van der Waals surface area (Å²) >= 11 is 0. The molecule has 0 spiro atoms. The van der Waals surface area contributed by atoms with Crippen molar-refractivity contribution in [2.45, 2.75) is 45.4 Å². The summed E-state index contributed by atoms with van der Waals surface area (Å²) in [7, 11) is 0. The van der Waals surface area contributed by atoms with Gasteiger partial charge in [-0.3, -0.25) is 14.5 Å². The Hall–Kier alpha value is -3.14. The third-order valence-electron chi connectivity index (χ3n) is 5.30. The topological polar surface area (TPSA) is 112 Å². The standard InChI is InChI=1S/C22H28FN3O6/c1-22(2,3)32-21(31)25-10-8-24(9-11-25)19(20(29)30)16-13-26(7-6-18(27)28)17-12-14(23)4-5-15(16)17/h4-5,12-13,19H,6-11H2,1-3H3,(H,27,28)(H,29,30). The predicted octanol–water partition coefficient (Wildman–Crippen LogP) is 2.93. The van der Waals surface area contributed by atoms with E-state index in [1.165, 1.54) is 18.2 Å². The van der Waals surface area contributed by atoms with Gasteiger partial charge in [-0.05, 0) is 39.0 Å². The summed E-state index contributed by atoms with van der Waals surface area (Å²) in [5.41, 5.74) is 0.286. The van der Waals surface area contributed by atoms with E-state index in [1.54, 1.807) is 41.3 Å². The van der Waals surface area contributed by atoms with Crippen molar-refractivity contribution in [1.29, 1.82) is 0 Å². The number of ether oxygens (including phenoxy) is 1. The first-order valence-electron chi connectivity index (χ1n) is 10.4. The molecule has 0 radical (unpaired) electrons. The maximum absolute atomic E-state index is 13.9. The van der Waals surface area contributed by atoms with Crippen LogP contribution in [0.1, 0.15) is 38.8 Å². The second-order valence-electron chi connectivity index (χ2n) is 8.83. The number of fused-ring (bicyclic) bond motifs is 1. The summed E-state index contributed by atoms with van der Waals surface area (Å²) in [6.45, 7) is 6.70. The minimum absolute atomic E-state index is 0.0913. The van der Waals surface area contributed by atoms with Gasteiger partial charge >= 0.3 is 18.0 Å². The molecule has 10 heteroatoms. The Morgan fingerprint density at radius 2 is 1.78 bits per heavy atom. The van der Waals surface area contributed by atoms with Crippen LogP contribution in [0.15, 0.2) is 24.4 Å². The van der Waals surface area contributed by atoms with Crippen LogP contribution in [0, 0.1) is 5.82 Å². The van der Waals surface area contributed by atoms with Gasteiger partial charge in [0, 0.05) is 49.9 Å². The van der Waals surface area contributed by atoms with Crippen molar-refractivity contribution in [3.63, 3.8) is 0 Å². The molecule has 3 rings (SSSR count). The lowest BCUT2D eigenvalue weighted by Gasteiger charge is -2.38. The van der Waals surface area contributed by atoms with Gasteiger partial charge in [-0.1, -0.05) is 0 Å². The zero-order valence-electron chi connectivity index (χ0n) is 18.4. The van der Waals surface area contributed by atoms with E-state index in [0.29, 0.717) is 42.6 Å². The molecule has 0 bridgehead atoms. The van der Waals surface area contributed by atoms with Crippen LogP contribution in [-0.2, 0) is 20.9 Å². The molecule has 1 aliphatic heterocycles. The smallest absolute Gasteiger partial charge is 0.410 e. The van der Waals surface area contributed by atoms with Crippen LogP contribution in [-0.4, -0.2) is 74.4 Å². The van der Waals surface area contributed by atoms with Crippen molar-refractivity contribution in [2.24, 2.45) is 0 Å². The van der Waals surface area contributed by atoms with E-state index in [9.17, 15) is 23.9 Å². The molecule has 1 aromatic carbocycles. The number of hydrogen-bond acceptors (Lipinski definition) is 5. The van der Waals surface area contributed by atoms with Gasteiger partial charge in [0.1, 0.15) is 17.5 Å². The molecular weight excluding hydrogens is 421 g/mol. The third-order valence-corrected chi connectivity index (χ3v) is 5.30. The van der Waals surface area contributed by atoms with Crippen LogP contribution in [0.25, 0.3) is 10.9 Å². The summed E-state index contributed by atoms with van der Waals surface area (Å²) in [4.78, 5) is 38.9. The summed E-state index contributed by atoms with van der Waals surface area (Å²) in [6, 6.07) is 3.03. The number of benzene rings is 1. The van der Waals surface area contributed by atoms with Crippen molar-refractivity contribution in [3.05, 3.63) is 35.8 Å². The molecule has 1 atom stereocenters. The lowest BCUT2D eigenvalue weighted by molar-refractivity contribution is -0.144. The number of hydrogen-bond donors (Lipinski definition) is 2. The zero-order chi connectivity index (χ0) is 23.6. The number of carbonyl (C=O) groups excluding carboxylic acids is 1. The number of carboxylic acids is 2. The van der Waals surface area contributed by atoms with Gasteiger partial charge in [0.2, 0.25) is 0 Å². The van der Waals surface area contributed by atoms with Crippen LogP contribution in [0.2, 0.25) is 0 Å². The molecule has 32 heavy (non-hydrogen) atoms. The Morgan fingerprint density at radius 1 is 1.12 bits per heavy atom. The fourth-order valence-electron chi connectivity index (χ4n) is 3.89. The number of aromatic nitrogens is 1. The van der Waals surface area contributed by atoms with Crippen molar-refractivity contribution < 1.29 is 33.7 Å². The van der Waals surface area contributed by atoms with E-state index in [1.807, 2.05) is 0 Å². The summed E-state index contributed by atoms with van der Waals surface area (Å²) in [6.07, 6.45) is 0.975. The van der Waals surface area contributed by atoms with Crippen molar-refractivity contribution >= 4 is 28.9 Å². The quantitative estimate of drug-likeness (QED) is 0.697. The Morgan fingerprint density at radius 3 is 2.34 bits per heavy atom. The number of rotatable bonds is 6. The van der Waals surface area contributed by atoms with Gasteiger partial charge in [0.05, 0.1) is 11.9 Å². The SMILES string of the molecule is CC(C)(C)OC(=O)N1CCN(C(C(=O)O)c2cn(CCC(=O)O)c3cc(F)ccc23)CC1. The fourth-order valence-corrected chi connectivity index (χ4v) is 3.89. The minimum atomic E-state index is -1.07. The number of halogens is 1. The largest absolute Gasteiger partial charge is 0.481 e. The molecule has 174 valence electrons. The van der Waals surface area contributed by atoms with Gasteiger partial charge < -0.3 is 24.4 Å². The minimum Gasteiger partial charge on any atom is -0.481 e. The van der Waals surface area contributed by atoms with Gasteiger partial charge in [-0.2, -0.15) is 0 Å². The average molecular weight is 449 g/mol. The number of aryl methyl sites for hydroxylation is 1. The number of carboxylic acid groups (broad SMARTS) is 2. The molecule has 2 N–H and O–H groups in total. The van der Waals surface area contributed by atoms with E-state index >= 15 is 0 Å². The second-order valence-corrected chi connectivity index (χ2v) is 8.83. The number of aliphatic carboxylic acids is 2. The molecule has 2 aromatic rings. The first-order chi connectivity index (χ1) is 15.0. The van der Waals surface area contributed by atoms with Crippen molar-refractivity contribution in [1.82, 2.24) is 14.4 Å². The summed E-state index contributed by atoms with van der Waals surface area (Å²) in [5.74, 6) is -2.56. The molecule has 1 saturated heterocycles. The van der Waals surface area contributed by atoms with Crippen molar-refractivity contribution in [2.75, 3.05) is 26.2 Å². The fraction of sp³-hybridized carbons (Fsp3) is 0.500. The molecule has 1 unspecified atom stereocenters. The summed E-state index contributed by atoms with van der Waals surface area (Å²) in [5, 5.41) is 19.6. The molecule has 1 amide bonds. The first-order valence-corrected chi connectivity index (χ1v) is 10.4. The Labute approximate surface area is 185 Å². The van der Waals surface area contributed by atoms with E-state index in [4.69, 9.17) is 9.84 Å². The Bertz CT molecular complexity index is 1020. The molecule has 1 aliphatic rings. The molecular formula is C22H28FN3O6. The number of amides is 1. The molecule has 0 aliphatic carbocycles. The highest BCUT2D eigenvalue weighted by atomic mass is 19.1. The maximum Gasteiger partial charge on any atom is 0.410 e. The maximum atomic E-state index is 13.9. The lowest BCUT2D eigenvalue weighted by Crippen LogP contribution is -2.51. The Kier molecular flexibility index (Phi) is 6.73. The first kappa shape index (κ1) is 23.5. The molecule has 2 heterocycles.